The Morgan fingerprint density at radius 3 is 3.10 bits per heavy atom. The molecule has 7 heteroatoms. The number of pyridine rings is 1. The third kappa shape index (κ3) is 2.80. The van der Waals surface area contributed by atoms with Gasteiger partial charge in [0, 0.05) is 29.4 Å². The van der Waals surface area contributed by atoms with Crippen molar-refractivity contribution in [3.05, 3.63) is 40.5 Å². The first-order chi connectivity index (χ1) is 9.63. The van der Waals surface area contributed by atoms with Crippen molar-refractivity contribution < 1.29 is 8.60 Å². The van der Waals surface area contributed by atoms with Crippen molar-refractivity contribution in [2.75, 3.05) is 13.6 Å². The van der Waals surface area contributed by atoms with Crippen molar-refractivity contribution in [3.63, 3.8) is 0 Å². The fourth-order valence-electron chi connectivity index (χ4n) is 2.08. The molecule has 0 amide bonds. The smallest absolute Gasteiger partial charge is 0.170 e. The van der Waals surface area contributed by atoms with E-state index in [4.69, 9.17) is 0 Å². The van der Waals surface area contributed by atoms with E-state index in [1.54, 1.807) is 21.7 Å². The first-order valence-corrected chi connectivity index (χ1v) is 8.21. The van der Waals surface area contributed by atoms with Crippen LogP contribution in [-0.4, -0.2) is 27.1 Å². The molecule has 0 aromatic carbocycles. The fraction of sp³-hybridized carbons (Fsp3) is 0.308. The number of aromatic nitrogens is 1. The maximum atomic E-state index is 12.9. The average molecular weight is 311 g/mol. The van der Waals surface area contributed by atoms with Crippen LogP contribution in [0, 0.1) is 5.82 Å². The predicted octanol–water partition coefficient (Wildman–Crippen LogP) is 2.49. The second-order valence-corrected chi connectivity index (χ2v) is 6.96. The van der Waals surface area contributed by atoms with E-state index in [1.165, 1.54) is 12.3 Å². The molecule has 0 saturated carbocycles. The molecule has 1 unspecified atom stereocenters. The Kier molecular flexibility index (Phi) is 3.93. The first-order valence-electron chi connectivity index (χ1n) is 6.23. The summed E-state index contributed by atoms with van der Waals surface area (Å²) in [6.45, 7) is 0.798. The van der Waals surface area contributed by atoms with E-state index in [0.717, 1.165) is 29.1 Å². The van der Waals surface area contributed by atoms with Crippen molar-refractivity contribution >= 4 is 22.5 Å². The lowest BCUT2D eigenvalue weighted by atomic mass is 10.1. The summed E-state index contributed by atoms with van der Waals surface area (Å²) in [5.74, 6) is -0.336. The molecule has 4 nitrogen and oxygen atoms in total. The molecule has 0 radical (unpaired) electrons. The summed E-state index contributed by atoms with van der Waals surface area (Å²) in [5, 5.41) is 2.00. The van der Waals surface area contributed by atoms with Crippen molar-refractivity contribution in [2.24, 2.45) is 0 Å². The predicted molar refractivity (Wildman–Crippen MR) is 78.8 cm³/mol. The molecule has 1 saturated heterocycles. The zero-order chi connectivity index (χ0) is 14.1. The zero-order valence-corrected chi connectivity index (χ0v) is 12.5. The molecule has 0 bridgehead atoms. The van der Waals surface area contributed by atoms with Crippen LogP contribution in [0.3, 0.4) is 0 Å². The van der Waals surface area contributed by atoms with Crippen LogP contribution in [0.2, 0.25) is 0 Å². The minimum atomic E-state index is -1.13. The molecule has 3 rings (SSSR count). The van der Waals surface area contributed by atoms with E-state index in [9.17, 15) is 8.60 Å². The molecule has 1 aliphatic rings. The summed E-state index contributed by atoms with van der Waals surface area (Å²) in [6, 6.07) is 5.21. The summed E-state index contributed by atoms with van der Waals surface area (Å²) in [6.07, 6.45) is 2.13. The third-order valence-electron chi connectivity index (χ3n) is 3.25. The van der Waals surface area contributed by atoms with Gasteiger partial charge in [-0.1, -0.05) is 0 Å². The van der Waals surface area contributed by atoms with Crippen molar-refractivity contribution in [1.29, 1.82) is 0 Å². The normalized spacial score (nSPS) is 23.9. The van der Waals surface area contributed by atoms with E-state index in [2.05, 4.69) is 9.71 Å². The Balaban J connectivity index is 1.80. The Hall–Kier alpha value is -1.15. The highest BCUT2D eigenvalue weighted by Gasteiger charge is 2.24. The van der Waals surface area contributed by atoms with Gasteiger partial charge < -0.3 is 0 Å². The second-order valence-electron chi connectivity index (χ2n) is 4.66. The van der Waals surface area contributed by atoms with Gasteiger partial charge in [-0.05, 0) is 24.6 Å². The Morgan fingerprint density at radius 2 is 2.40 bits per heavy atom. The van der Waals surface area contributed by atoms with Gasteiger partial charge in [-0.25, -0.2) is 17.6 Å². The van der Waals surface area contributed by atoms with Crippen molar-refractivity contribution in [1.82, 2.24) is 14.0 Å². The molecule has 1 N–H and O–H groups in total. The third-order valence-corrected chi connectivity index (χ3v) is 5.53. The molecule has 2 aromatic rings. The van der Waals surface area contributed by atoms with Crippen LogP contribution in [-0.2, 0) is 11.2 Å². The van der Waals surface area contributed by atoms with Crippen LogP contribution < -0.4 is 4.72 Å². The van der Waals surface area contributed by atoms with Gasteiger partial charge in [0.1, 0.15) is 5.82 Å². The zero-order valence-electron chi connectivity index (χ0n) is 10.9. The number of thiophene rings is 1. The molecule has 1 fully saturated rings. The van der Waals surface area contributed by atoms with Crippen LogP contribution in [0.15, 0.2) is 29.8 Å². The standard InChI is InChI=1S/C13H14FN3OS2/c1-17-5-4-12(16-20(17)18)13-6-9(8-19-13)11-3-2-10(14)7-15-11/h2-3,6-8,12,16H,4-5H2,1H3/t12-,20?/m0/s1. The summed E-state index contributed by atoms with van der Waals surface area (Å²) >= 11 is 0.480. The SMILES string of the molecule is CN1CC[C@@H](c2cc(-c3ccc(F)cn3)cs2)NS1=O. The number of hydrogen-bond acceptors (Lipinski definition) is 3. The minimum absolute atomic E-state index is 0.103. The lowest BCUT2D eigenvalue weighted by Crippen LogP contribution is -2.41. The largest absolute Gasteiger partial charge is 0.253 e. The summed E-state index contributed by atoms with van der Waals surface area (Å²) in [7, 11) is 1.83. The van der Waals surface area contributed by atoms with Crippen LogP contribution in [0.4, 0.5) is 4.39 Å². The highest BCUT2D eigenvalue weighted by Crippen LogP contribution is 2.31. The van der Waals surface area contributed by atoms with Gasteiger partial charge >= 0.3 is 0 Å². The summed E-state index contributed by atoms with van der Waals surface area (Å²) < 4.78 is 29.5. The Bertz CT molecular complexity index is 629. The van der Waals surface area contributed by atoms with E-state index in [0.29, 0.717) is 0 Å². The van der Waals surface area contributed by atoms with Gasteiger partial charge in [0.05, 0.1) is 17.9 Å². The van der Waals surface area contributed by atoms with Crippen molar-refractivity contribution in [3.8, 4) is 11.3 Å². The minimum Gasteiger partial charge on any atom is -0.253 e. The maximum Gasteiger partial charge on any atom is 0.170 e. The van der Waals surface area contributed by atoms with Crippen molar-refractivity contribution in [2.45, 2.75) is 12.5 Å². The lowest BCUT2D eigenvalue weighted by Gasteiger charge is -2.28. The maximum absolute atomic E-state index is 12.9. The summed E-state index contributed by atoms with van der Waals surface area (Å²) in [5.41, 5.74) is 1.72. The van der Waals surface area contributed by atoms with Gasteiger partial charge in [-0.3, -0.25) is 4.98 Å². The Labute approximate surface area is 123 Å². The van der Waals surface area contributed by atoms with E-state index < -0.39 is 11.2 Å². The quantitative estimate of drug-likeness (QED) is 0.926. The van der Waals surface area contributed by atoms with E-state index >= 15 is 0 Å². The number of rotatable bonds is 2. The number of hydrogen-bond donors (Lipinski definition) is 1. The Morgan fingerprint density at radius 1 is 1.55 bits per heavy atom. The molecule has 3 heterocycles. The molecular weight excluding hydrogens is 297 g/mol. The fourth-order valence-corrected chi connectivity index (χ4v) is 4.08. The van der Waals surface area contributed by atoms with Crippen LogP contribution >= 0.6 is 11.3 Å². The molecule has 20 heavy (non-hydrogen) atoms. The molecule has 2 atom stereocenters. The molecular formula is C13H14FN3OS2. The topological polar surface area (TPSA) is 45.2 Å². The molecule has 106 valence electrons. The van der Waals surface area contributed by atoms with Gasteiger partial charge in [-0.2, -0.15) is 0 Å². The molecule has 2 aromatic heterocycles. The van der Waals surface area contributed by atoms with Crippen LogP contribution in [0.25, 0.3) is 11.3 Å². The number of nitrogens with one attached hydrogen (secondary N) is 1. The average Bonchev–Trinajstić information content (AvgIpc) is 2.92. The number of nitrogens with zero attached hydrogens (tertiary/aromatic N) is 2. The van der Waals surface area contributed by atoms with Gasteiger partial charge in [0.15, 0.2) is 11.2 Å². The van der Waals surface area contributed by atoms with E-state index in [1.807, 2.05) is 18.5 Å². The second kappa shape index (κ2) is 5.69. The highest BCUT2D eigenvalue weighted by atomic mass is 32.2. The van der Waals surface area contributed by atoms with Crippen LogP contribution in [0.1, 0.15) is 17.3 Å². The van der Waals surface area contributed by atoms with Gasteiger partial charge in [-0.15, -0.1) is 11.3 Å². The molecule has 0 aliphatic carbocycles. The van der Waals surface area contributed by atoms with E-state index in [-0.39, 0.29) is 11.9 Å². The molecule has 1 aliphatic heterocycles. The van der Waals surface area contributed by atoms with Gasteiger partial charge in [0.25, 0.3) is 0 Å². The van der Waals surface area contributed by atoms with Gasteiger partial charge in [0.2, 0.25) is 0 Å². The first kappa shape index (κ1) is 13.8. The molecule has 0 spiro atoms. The van der Waals surface area contributed by atoms with Crippen LogP contribution in [0.5, 0.6) is 0 Å². The highest BCUT2D eigenvalue weighted by molar-refractivity contribution is 7.80. The monoisotopic (exact) mass is 311 g/mol. The summed E-state index contributed by atoms with van der Waals surface area (Å²) in [4.78, 5) is 5.21. The number of halogens is 1. The lowest BCUT2D eigenvalue weighted by molar-refractivity contribution is 0.421.